The Morgan fingerprint density at radius 2 is 1.72 bits per heavy atom. The molecule has 0 saturated heterocycles. The van der Waals surface area contributed by atoms with Crippen molar-refractivity contribution in [3.8, 4) is 0 Å². The van der Waals surface area contributed by atoms with Crippen molar-refractivity contribution in [2.24, 2.45) is 4.99 Å². The van der Waals surface area contributed by atoms with Crippen molar-refractivity contribution < 1.29 is 9.53 Å². The smallest absolute Gasteiger partial charge is 0.338 e. The highest BCUT2D eigenvalue weighted by molar-refractivity contribution is 5.90. The topological polar surface area (TPSA) is 41.9 Å². The van der Waals surface area contributed by atoms with Gasteiger partial charge in [0, 0.05) is 13.6 Å². The van der Waals surface area contributed by atoms with Crippen LogP contribution in [0.3, 0.4) is 0 Å². The molecule has 0 aliphatic heterocycles. The Hall–Kier alpha value is -2.62. The first-order chi connectivity index (χ1) is 11.9. The maximum atomic E-state index is 12.3. The van der Waals surface area contributed by atoms with Gasteiger partial charge in [0.25, 0.3) is 0 Å². The predicted molar refractivity (Wildman–Crippen MR) is 103 cm³/mol. The molecule has 0 radical (unpaired) electrons. The van der Waals surface area contributed by atoms with E-state index in [2.05, 4.69) is 11.9 Å². The number of benzene rings is 2. The number of hydrogen-bond acceptors (Lipinski definition) is 3. The van der Waals surface area contributed by atoms with Gasteiger partial charge in [-0.2, -0.15) is 0 Å². The zero-order valence-electron chi connectivity index (χ0n) is 15.7. The fourth-order valence-corrected chi connectivity index (χ4v) is 2.43. The molecule has 0 spiro atoms. The summed E-state index contributed by atoms with van der Waals surface area (Å²) in [5.74, 6) is -0.312. The summed E-state index contributed by atoms with van der Waals surface area (Å²) in [5.41, 5.74) is 5.55. The number of esters is 1. The molecule has 0 unspecified atom stereocenters. The average Bonchev–Trinajstić information content (AvgIpc) is 2.59. The second kappa shape index (κ2) is 8.47. The van der Waals surface area contributed by atoms with E-state index >= 15 is 0 Å². The Bertz CT molecular complexity index is 741. The van der Waals surface area contributed by atoms with Crippen LogP contribution in [0.4, 0.5) is 5.69 Å². The second-order valence-corrected chi connectivity index (χ2v) is 6.34. The zero-order valence-corrected chi connectivity index (χ0v) is 15.7. The molecule has 4 heteroatoms. The molecule has 0 bridgehead atoms. The third-order valence-electron chi connectivity index (χ3n) is 4.10. The molecule has 0 fully saturated rings. The SMILES string of the molecule is CCN(C)C=Nc1c(C)cc(C(=O)OCc2ccc(C)cc2)cc1C. The van der Waals surface area contributed by atoms with E-state index in [0.29, 0.717) is 5.56 Å². The molecule has 0 amide bonds. The number of carbonyl (C=O) groups excluding carboxylic acids is 1. The molecule has 132 valence electrons. The third kappa shape index (κ3) is 5.18. The first-order valence-electron chi connectivity index (χ1n) is 8.49. The highest BCUT2D eigenvalue weighted by Gasteiger charge is 2.12. The zero-order chi connectivity index (χ0) is 18.4. The number of hydrogen-bond donors (Lipinski definition) is 0. The molecule has 0 heterocycles. The first kappa shape index (κ1) is 18.7. The quantitative estimate of drug-likeness (QED) is 0.440. The van der Waals surface area contributed by atoms with Crippen molar-refractivity contribution in [3.63, 3.8) is 0 Å². The van der Waals surface area contributed by atoms with Gasteiger partial charge >= 0.3 is 5.97 Å². The fourth-order valence-electron chi connectivity index (χ4n) is 2.43. The third-order valence-corrected chi connectivity index (χ3v) is 4.10. The fraction of sp³-hybridized carbons (Fsp3) is 0.333. The van der Waals surface area contributed by atoms with Crippen LogP contribution in [-0.2, 0) is 11.3 Å². The minimum absolute atomic E-state index is 0.276. The summed E-state index contributed by atoms with van der Waals surface area (Å²) in [4.78, 5) is 18.9. The van der Waals surface area contributed by atoms with Crippen LogP contribution in [0.5, 0.6) is 0 Å². The Labute approximate surface area is 150 Å². The number of nitrogens with zero attached hydrogens (tertiary/aromatic N) is 2. The summed E-state index contributed by atoms with van der Waals surface area (Å²) in [6.07, 6.45) is 1.81. The average molecular weight is 338 g/mol. The van der Waals surface area contributed by atoms with Crippen molar-refractivity contribution in [1.29, 1.82) is 0 Å². The summed E-state index contributed by atoms with van der Waals surface area (Å²) in [6.45, 7) is 9.19. The lowest BCUT2D eigenvalue weighted by molar-refractivity contribution is 0.0472. The van der Waals surface area contributed by atoms with Gasteiger partial charge in [0.2, 0.25) is 0 Å². The normalized spacial score (nSPS) is 10.9. The van der Waals surface area contributed by atoms with Gasteiger partial charge in [-0.05, 0) is 56.5 Å². The summed E-state index contributed by atoms with van der Waals surface area (Å²) < 4.78 is 5.43. The Morgan fingerprint density at radius 1 is 1.12 bits per heavy atom. The number of aliphatic imine (C=N–C) groups is 1. The van der Waals surface area contributed by atoms with Crippen LogP contribution in [0.2, 0.25) is 0 Å². The van der Waals surface area contributed by atoms with Crippen LogP contribution in [-0.4, -0.2) is 30.8 Å². The Kier molecular flexibility index (Phi) is 6.34. The Morgan fingerprint density at radius 3 is 2.28 bits per heavy atom. The molecule has 0 atom stereocenters. The van der Waals surface area contributed by atoms with E-state index in [-0.39, 0.29) is 12.6 Å². The van der Waals surface area contributed by atoms with E-state index in [0.717, 1.165) is 28.9 Å². The minimum Gasteiger partial charge on any atom is -0.457 e. The van der Waals surface area contributed by atoms with E-state index in [1.807, 2.05) is 75.5 Å². The van der Waals surface area contributed by atoms with Crippen LogP contribution < -0.4 is 0 Å². The van der Waals surface area contributed by atoms with Gasteiger partial charge in [0.15, 0.2) is 0 Å². The van der Waals surface area contributed by atoms with Crippen LogP contribution >= 0.6 is 0 Å². The van der Waals surface area contributed by atoms with E-state index in [1.54, 1.807) is 0 Å². The molecule has 0 saturated carbocycles. The van der Waals surface area contributed by atoms with Gasteiger partial charge in [-0.15, -0.1) is 0 Å². The van der Waals surface area contributed by atoms with Gasteiger partial charge in [-0.3, -0.25) is 0 Å². The molecule has 0 aliphatic rings. The summed E-state index contributed by atoms with van der Waals surface area (Å²) in [7, 11) is 1.98. The molecule has 2 aromatic carbocycles. The van der Waals surface area contributed by atoms with Gasteiger partial charge in [-0.25, -0.2) is 9.79 Å². The van der Waals surface area contributed by atoms with Crippen LogP contribution in [0, 0.1) is 20.8 Å². The van der Waals surface area contributed by atoms with Gasteiger partial charge in [-0.1, -0.05) is 29.8 Å². The number of carbonyl (C=O) groups is 1. The number of rotatable bonds is 6. The van der Waals surface area contributed by atoms with Crippen molar-refractivity contribution in [2.45, 2.75) is 34.3 Å². The monoisotopic (exact) mass is 338 g/mol. The van der Waals surface area contributed by atoms with Crippen molar-refractivity contribution >= 4 is 18.0 Å². The maximum Gasteiger partial charge on any atom is 0.338 e. The van der Waals surface area contributed by atoms with Crippen LogP contribution in [0.1, 0.15) is 39.5 Å². The first-order valence-corrected chi connectivity index (χ1v) is 8.49. The van der Waals surface area contributed by atoms with Gasteiger partial charge < -0.3 is 9.64 Å². The summed E-state index contributed by atoms with van der Waals surface area (Å²) in [5, 5.41) is 0. The van der Waals surface area contributed by atoms with Crippen molar-refractivity contribution in [2.75, 3.05) is 13.6 Å². The molecular formula is C21H26N2O2. The molecule has 4 nitrogen and oxygen atoms in total. The summed E-state index contributed by atoms with van der Waals surface area (Å²) in [6, 6.07) is 11.6. The molecule has 2 aromatic rings. The lowest BCUT2D eigenvalue weighted by Crippen LogP contribution is -2.14. The second-order valence-electron chi connectivity index (χ2n) is 6.34. The highest BCUT2D eigenvalue weighted by atomic mass is 16.5. The standard InChI is InChI=1S/C21H26N2O2/c1-6-23(5)14-22-20-16(3)11-19(12-17(20)4)21(24)25-13-18-9-7-15(2)8-10-18/h7-12,14H,6,13H2,1-5H3. The molecular weight excluding hydrogens is 312 g/mol. The van der Waals surface area contributed by atoms with Crippen LogP contribution in [0.15, 0.2) is 41.4 Å². The van der Waals surface area contributed by atoms with E-state index in [4.69, 9.17) is 4.74 Å². The number of aryl methyl sites for hydroxylation is 3. The highest BCUT2D eigenvalue weighted by Crippen LogP contribution is 2.25. The minimum atomic E-state index is -0.312. The molecule has 0 aliphatic carbocycles. The van der Waals surface area contributed by atoms with E-state index in [1.165, 1.54) is 5.56 Å². The molecule has 2 rings (SSSR count). The maximum absolute atomic E-state index is 12.3. The van der Waals surface area contributed by atoms with Gasteiger partial charge in [0.05, 0.1) is 17.6 Å². The van der Waals surface area contributed by atoms with E-state index in [9.17, 15) is 4.79 Å². The number of ether oxygens (including phenoxy) is 1. The summed E-state index contributed by atoms with van der Waals surface area (Å²) >= 11 is 0. The largest absolute Gasteiger partial charge is 0.457 e. The van der Waals surface area contributed by atoms with Gasteiger partial charge in [0.1, 0.15) is 6.61 Å². The lowest BCUT2D eigenvalue weighted by Gasteiger charge is -2.12. The van der Waals surface area contributed by atoms with Crippen molar-refractivity contribution in [1.82, 2.24) is 4.90 Å². The van der Waals surface area contributed by atoms with Crippen molar-refractivity contribution in [3.05, 3.63) is 64.2 Å². The van der Waals surface area contributed by atoms with Crippen LogP contribution in [0.25, 0.3) is 0 Å². The Balaban J connectivity index is 2.10. The van der Waals surface area contributed by atoms with E-state index < -0.39 is 0 Å². The predicted octanol–water partition coefficient (Wildman–Crippen LogP) is 4.58. The molecule has 0 N–H and O–H groups in total. The molecule has 0 aromatic heterocycles. The lowest BCUT2D eigenvalue weighted by atomic mass is 10.0. The molecule has 25 heavy (non-hydrogen) atoms.